The predicted octanol–water partition coefficient (Wildman–Crippen LogP) is 2.39. The van der Waals surface area contributed by atoms with E-state index in [1.54, 1.807) is 0 Å². The third-order valence-corrected chi connectivity index (χ3v) is 4.82. The molecule has 7 heteroatoms. The maximum Gasteiger partial charge on any atom is 0.289 e. The number of aryl methyl sites for hydroxylation is 2. The van der Waals surface area contributed by atoms with Crippen LogP contribution in [-0.4, -0.2) is 52.2 Å². The highest BCUT2D eigenvalue weighted by atomic mass is 16.6. The number of piperazine rings is 1. The number of furan rings is 1. The van der Waals surface area contributed by atoms with Crippen molar-refractivity contribution in [3.05, 3.63) is 47.0 Å². The minimum absolute atomic E-state index is 0.0346. The van der Waals surface area contributed by atoms with E-state index in [1.807, 2.05) is 43.0 Å². The number of rotatable bonds is 3. The molecule has 130 valence electrons. The van der Waals surface area contributed by atoms with Crippen LogP contribution in [0, 0.1) is 13.8 Å². The van der Waals surface area contributed by atoms with Crippen LogP contribution >= 0.6 is 0 Å². The summed E-state index contributed by atoms with van der Waals surface area (Å²) in [4.78, 5) is 17.0. The molecule has 2 aromatic heterocycles. The zero-order valence-corrected chi connectivity index (χ0v) is 14.4. The number of nitrogens with zero attached hydrogens (tertiary/aromatic N) is 4. The minimum atomic E-state index is -0.0346. The molecular weight excluding hydrogens is 320 g/mol. The van der Waals surface area contributed by atoms with Gasteiger partial charge in [-0.1, -0.05) is 28.5 Å². The van der Waals surface area contributed by atoms with Crippen molar-refractivity contribution in [1.82, 2.24) is 20.1 Å². The molecule has 1 fully saturated rings. The first-order valence-electron chi connectivity index (χ1n) is 8.41. The van der Waals surface area contributed by atoms with Gasteiger partial charge in [-0.05, 0) is 19.9 Å². The van der Waals surface area contributed by atoms with E-state index in [1.165, 1.54) is 0 Å². The summed E-state index contributed by atoms with van der Waals surface area (Å²) in [5.74, 6) is 0.416. The van der Waals surface area contributed by atoms with Crippen LogP contribution in [0.5, 0.6) is 0 Å². The Kier molecular flexibility index (Phi) is 4.01. The van der Waals surface area contributed by atoms with Crippen molar-refractivity contribution >= 4 is 16.9 Å². The van der Waals surface area contributed by atoms with E-state index in [0.29, 0.717) is 25.4 Å². The lowest BCUT2D eigenvalue weighted by atomic mass is 10.1. The number of hydrogen-bond acceptors (Lipinski definition) is 6. The normalized spacial score (nSPS) is 15.8. The van der Waals surface area contributed by atoms with Gasteiger partial charge >= 0.3 is 0 Å². The molecular formula is C18H20N4O3. The lowest BCUT2D eigenvalue weighted by molar-refractivity contribution is 0.0596. The van der Waals surface area contributed by atoms with Crippen molar-refractivity contribution in [1.29, 1.82) is 0 Å². The van der Waals surface area contributed by atoms with E-state index >= 15 is 0 Å². The maximum absolute atomic E-state index is 12.8. The largest absolute Gasteiger partial charge is 0.451 e. The summed E-state index contributed by atoms with van der Waals surface area (Å²) in [6.45, 7) is 7.43. The monoisotopic (exact) mass is 340 g/mol. The average Bonchev–Trinajstić information content (AvgIpc) is 3.19. The molecule has 0 aliphatic carbocycles. The van der Waals surface area contributed by atoms with E-state index < -0.39 is 0 Å². The molecule has 0 atom stereocenters. The lowest BCUT2D eigenvalue weighted by Gasteiger charge is -2.33. The first-order valence-corrected chi connectivity index (χ1v) is 8.41. The summed E-state index contributed by atoms with van der Waals surface area (Å²) in [5, 5.41) is 8.73. The summed E-state index contributed by atoms with van der Waals surface area (Å²) in [5.41, 5.74) is 3.34. The van der Waals surface area contributed by atoms with Gasteiger partial charge in [0.15, 0.2) is 5.76 Å². The molecule has 0 saturated carbocycles. The summed E-state index contributed by atoms with van der Waals surface area (Å²) in [7, 11) is 0. The molecule has 1 amide bonds. The van der Waals surface area contributed by atoms with E-state index in [9.17, 15) is 4.79 Å². The molecule has 1 aliphatic rings. The lowest BCUT2D eigenvalue weighted by Crippen LogP contribution is -2.48. The van der Waals surface area contributed by atoms with Gasteiger partial charge in [-0.25, -0.2) is 4.63 Å². The SMILES string of the molecule is Cc1nonc1CN1CCN(C(=O)c2oc3ccccc3c2C)CC1. The molecule has 0 spiro atoms. The zero-order chi connectivity index (χ0) is 17.4. The first kappa shape index (κ1) is 15.8. The van der Waals surface area contributed by atoms with Gasteiger partial charge in [0.2, 0.25) is 0 Å². The predicted molar refractivity (Wildman–Crippen MR) is 91.2 cm³/mol. The first-order chi connectivity index (χ1) is 12.1. The van der Waals surface area contributed by atoms with Crippen molar-refractivity contribution in [3.8, 4) is 0 Å². The molecule has 3 aromatic rings. The molecule has 3 heterocycles. The van der Waals surface area contributed by atoms with Crippen molar-refractivity contribution < 1.29 is 13.8 Å². The third kappa shape index (κ3) is 2.91. The molecule has 25 heavy (non-hydrogen) atoms. The van der Waals surface area contributed by atoms with Crippen LogP contribution in [0.1, 0.15) is 27.5 Å². The number of para-hydroxylation sites is 1. The van der Waals surface area contributed by atoms with Gasteiger partial charge in [0.25, 0.3) is 5.91 Å². The highest BCUT2D eigenvalue weighted by Crippen LogP contribution is 2.26. The van der Waals surface area contributed by atoms with Gasteiger partial charge in [-0.2, -0.15) is 0 Å². The number of carbonyl (C=O) groups is 1. The van der Waals surface area contributed by atoms with Gasteiger partial charge in [0.05, 0.1) is 0 Å². The fourth-order valence-electron chi connectivity index (χ4n) is 3.24. The molecule has 0 bridgehead atoms. The van der Waals surface area contributed by atoms with Crippen molar-refractivity contribution in [3.63, 3.8) is 0 Å². The highest BCUT2D eigenvalue weighted by Gasteiger charge is 2.27. The second-order valence-corrected chi connectivity index (χ2v) is 6.42. The Bertz CT molecular complexity index is 906. The summed E-state index contributed by atoms with van der Waals surface area (Å²) in [6.07, 6.45) is 0. The Hall–Kier alpha value is -2.67. The number of fused-ring (bicyclic) bond motifs is 1. The number of benzene rings is 1. The summed E-state index contributed by atoms with van der Waals surface area (Å²) in [6, 6.07) is 7.75. The Morgan fingerprint density at radius 3 is 2.56 bits per heavy atom. The van der Waals surface area contributed by atoms with E-state index in [2.05, 4.69) is 15.2 Å². The summed E-state index contributed by atoms with van der Waals surface area (Å²) < 4.78 is 10.5. The van der Waals surface area contributed by atoms with E-state index in [4.69, 9.17) is 9.05 Å². The Morgan fingerprint density at radius 1 is 1.12 bits per heavy atom. The fraction of sp³-hybridized carbons (Fsp3) is 0.389. The molecule has 4 rings (SSSR count). The number of aromatic nitrogens is 2. The smallest absolute Gasteiger partial charge is 0.289 e. The molecule has 1 saturated heterocycles. The van der Waals surface area contributed by atoms with Crippen molar-refractivity contribution in [2.24, 2.45) is 0 Å². The second-order valence-electron chi connectivity index (χ2n) is 6.42. The van der Waals surface area contributed by atoms with Crippen LogP contribution in [-0.2, 0) is 6.54 Å². The van der Waals surface area contributed by atoms with Crippen molar-refractivity contribution in [2.45, 2.75) is 20.4 Å². The van der Waals surface area contributed by atoms with Crippen LogP contribution in [0.2, 0.25) is 0 Å². The Labute approximate surface area is 145 Å². The molecule has 1 aromatic carbocycles. The second kappa shape index (κ2) is 6.33. The van der Waals surface area contributed by atoms with Gasteiger partial charge in [-0.15, -0.1) is 0 Å². The fourth-order valence-corrected chi connectivity index (χ4v) is 3.24. The highest BCUT2D eigenvalue weighted by molar-refractivity contribution is 5.98. The van der Waals surface area contributed by atoms with Crippen LogP contribution < -0.4 is 0 Å². The maximum atomic E-state index is 12.8. The van der Waals surface area contributed by atoms with Crippen molar-refractivity contribution in [2.75, 3.05) is 26.2 Å². The van der Waals surface area contributed by atoms with Gasteiger partial charge in [0.1, 0.15) is 17.0 Å². The molecule has 0 radical (unpaired) electrons. The Balaban J connectivity index is 1.44. The van der Waals surface area contributed by atoms with Crippen LogP contribution in [0.25, 0.3) is 11.0 Å². The average molecular weight is 340 g/mol. The van der Waals surface area contributed by atoms with Crippen LogP contribution in [0.4, 0.5) is 0 Å². The zero-order valence-electron chi connectivity index (χ0n) is 14.4. The quantitative estimate of drug-likeness (QED) is 0.729. The molecule has 7 nitrogen and oxygen atoms in total. The summed E-state index contributed by atoms with van der Waals surface area (Å²) >= 11 is 0. The Morgan fingerprint density at radius 2 is 1.88 bits per heavy atom. The number of amides is 1. The van der Waals surface area contributed by atoms with E-state index in [-0.39, 0.29) is 5.91 Å². The number of hydrogen-bond donors (Lipinski definition) is 0. The number of carbonyl (C=O) groups excluding carboxylic acids is 1. The minimum Gasteiger partial charge on any atom is -0.451 e. The van der Waals surface area contributed by atoms with Gasteiger partial charge in [-0.3, -0.25) is 9.69 Å². The standard InChI is InChI=1S/C18H20N4O3/c1-12-14-5-3-4-6-16(14)24-17(12)18(23)22-9-7-21(8-10-22)11-15-13(2)19-25-20-15/h3-6H,7-11H2,1-2H3. The van der Waals surface area contributed by atoms with Gasteiger partial charge in [0, 0.05) is 43.7 Å². The molecule has 1 aliphatic heterocycles. The van der Waals surface area contributed by atoms with Gasteiger partial charge < -0.3 is 9.32 Å². The van der Waals surface area contributed by atoms with E-state index in [0.717, 1.165) is 41.0 Å². The third-order valence-electron chi connectivity index (χ3n) is 4.82. The molecule has 0 N–H and O–H groups in total. The van der Waals surface area contributed by atoms with Crippen LogP contribution in [0.15, 0.2) is 33.3 Å². The topological polar surface area (TPSA) is 75.6 Å². The molecule has 0 unspecified atom stereocenters. The van der Waals surface area contributed by atoms with Crippen LogP contribution in [0.3, 0.4) is 0 Å².